The van der Waals surface area contributed by atoms with Crippen LogP contribution in [0.2, 0.25) is 5.02 Å². The Morgan fingerprint density at radius 3 is 2.70 bits per heavy atom. The van der Waals surface area contributed by atoms with E-state index in [0.717, 1.165) is 22.3 Å². The van der Waals surface area contributed by atoms with Gasteiger partial charge in [-0.3, -0.25) is 15.0 Å². The summed E-state index contributed by atoms with van der Waals surface area (Å²) in [6.45, 7) is 2.40. The Balaban J connectivity index is 1.81. The van der Waals surface area contributed by atoms with Crippen LogP contribution in [-0.4, -0.2) is 27.8 Å². The van der Waals surface area contributed by atoms with E-state index >= 15 is 0 Å². The lowest BCUT2D eigenvalue weighted by atomic mass is 10.2. The van der Waals surface area contributed by atoms with Crippen molar-refractivity contribution in [3.05, 3.63) is 69.6 Å². The molecule has 0 spiro atoms. The molecular formula is C19H15ClN2O3S2. The number of nitrogens with zero attached hydrogens (tertiary/aromatic N) is 1. The summed E-state index contributed by atoms with van der Waals surface area (Å²) in [5.41, 5.74) is 3.54. The van der Waals surface area contributed by atoms with Gasteiger partial charge in [-0.25, -0.2) is 0 Å². The second-order valence-corrected chi connectivity index (χ2v) is 7.49. The third kappa shape index (κ3) is 4.32. The van der Waals surface area contributed by atoms with E-state index in [1.807, 2.05) is 31.2 Å². The first-order chi connectivity index (χ1) is 13.0. The maximum absolute atomic E-state index is 12.7. The molecule has 138 valence electrons. The third-order valence-corrected chi connectivity index (χ3v) is 5.26. The van der Waals surface area contributed by atoms with E-state index in [1.54, 1.807) is 30.3 Å². The van der Waals surface area contributed by atoms with Gasteiger partial charge in [-0.15, -0.1) is 0 Å². The van der Waals surface area contributed by atoms with Crippen LogP contribution in [0.3, 0.4) is 0 Å². The number of hydrogen-bond donors (Lipinski definition) is 1. The van der Waals surface area contributed by atoms with Gasteiger partial charge in [0.25, 0.3) is 11.8 Å². The average molecular weight is 419 g/mol. The van der Waals surface area contributed by atoms with E-state index in [2.05, 4.69) is 5.43 Å². The molecule has 0 aromatic heterocycles. The van der Waals surface area contributed by atoms with Crippen molar-refractivity contribution in [2.75, 3.05) is 6.61 Å². The van der Waals surface area contributed by atoms with Crippen LogP contribution in [0.15, 0.2) is 53.4 Å². The number of para-hydroxylation sites is 1. The summed E-state index contributed by atoms with van der Waals surface area (Å²) < 4.78 is 5.81. The topological polar surface area (TPSA) is 58.6 Å². The van der Waals surface area contributed by atoms with Crippen molar-refractivity contribution in [3.63, 3.8) is 0 Å². The first-order valence-corrected chi connectivity index (χ1v) is 9.67. The molecule has 2 amide bonds. The molecule has 1 aliphatic rings. The van der Waals surface area contributed by atoms with Crippen molar-refractivity contribution < 1.29 is 14.3 Å². The van der Waals surface area contributed by atoms with Gasteiger partial charge in [-0.1, -0.05) is 53.7 Å². The van der Waals surface area contributed by atoms with E-state index in [4.69, 9.17) is 28.6 Å². The molecule has 2 aromatic carbocycles. The summed E-state index contributed by atoms with van der Waals surface area (Å²) in [7, 11) is 0. The molecule has 5 nitrogen and oxygen atoms in total. The van der Waals surface area contributed by atoms with E-state index in [1.165, 1.54) is 0 Å². The van der Waals surface area contributed by atoms with Crippen LogP contribution in [0.5, 0.6) is 5.75 Å². The highest BCUT2D eigenvalue weighted by Crippen LogP contribution is 2.33. The zero-order valence-corrected chi connectivity index (χ0v) is 16.7. The van der Waals surface area contributed by atoms with E-state index in [-0.39, 0.29) is 9.88 Å². The molecular weight excluding hydrogens is 404 g/mol. The standard InChI is InChI=1S/C19H15ClN2O3S2/c1-2-25-15-10-6-3-7-12(15)11-16-18(24)22(19(26)27-16)21-17(23)13-8-4-5-9-14(13)20/h3-11H,2H2,1H3,(H,21,23)/b16-11+. The second kappa shape index (κ2) is 8.56. The quantitative estimate of drug-likeness (QED) is 0.580. The van der Waals surface area contributed by atoms with Gasteiger partial charge in [-0.05, 0) is 43.4 Å². The largest absolute Gasteiger partial charge is 0.493 e. The van der Waals surface area contributed by atoms with Crippen LogP contribution in [0.1, 0.15) is 22.8 Å². The van der Waals surface area contributed by atoms with Gasteiger partial charge in [0.1, 0.15) is 5.75 Å². The van der Waals surface area contributed by atoms with Crippen LogP contribution in [0.25, 0.3) is 6.08 Å². The fraction of sp³-hybridized carbons (Fsp3) is 0.105. The Morgan fingerprint density at radius 2 is 1.96 bits per heavy atom. The summed E-state index contributed by atoms with van der Waals surface area (Å²) in [5, 5.41) is 1.35. The van der Waals surface area contributed by atoms with E-state index < -0.39 is 11.8 Å². The molecule has 1 saturated heterocycles. The number of benzene rings is 2. The highest BCUT2D eigenvalue weighted by molar-refractivity contribution is 8.26. The summed E-state index contributed by atoms with van der Waals surface area (Å²) in [6.07, 6.45) is 1.70. The molecule has 27 heavy (non-hydrogen) atoms. The SMILES string of the molecule is CCOc1ccccc1/C=C1/SC(=S)N(NC(=O)c2ccccc2Cl)C1=O. The Labute approximate surface area is 171 Å². The number of carbonyl (C=O) groups excluding carboxylic acids is 2. The van der Waals surface area contributed by atoms with Gasteiger partial charge in [0.15, 0.2) is 4.32 Å². The number of thioether (sulfide) groups is 1. The summed E-state index contributed by atoms with van der Waals surface area (Å²) in [5.74, 6) is -0.241. The molecule has 0 unspecified atom stereocenters. The van der Waals surface area contributed by atoms with Gasteiger partial charge in [-0.2, -0.15) is 5.01 Å². The van der Waals surface area contributed by atoms with Gasteiger partial charge < -0.3 is 4.74 Å². The summed E-state index contributed by atoms with van der Waals surface area (Å²) in [6, 6.07) is 14.0. The number of rotatable bonds is 5. The molecule has 3 rings (SSSR count). The summed E-state index contributed by atoms with van der Waals surface area (Å²) >= 11 is 12.4. The highest BCUT2D eigenvalue weighted by atomic mass is 35.5. The number of carbonyl (C=O) groups is 2. The minimum Gasteiger partial charge on any atom is -0.493 e. The van der Waals surface area contributed by atoms with Crippen molar-refractivity contribution in [1.29, 1.82) is 0 Å². The van der Waals surface area contributed by atoms with Gasteiger partial charge in [0.05, 0.1) is 22.1 Å². The molecule has 8 heteroatoms. The van der Waals surface area contributed by atoms with Crippen molar-refractivity contribution in [1.82, 2.24) is 10.4 Å². The normalized spacial score (nSPS) is 15.3. The molecule has 1 N–H and O–H groups in total. The number of amides is 2. The Bertz CT molecular complexity index is 946. The number of nitrogens with one attached hydrogen (secondary N) is 1. The van der Waals surface area contributed by atoms with Crippen LogP contribution in [0, 0.1) is 0 Å². The molecule has 2 aromatic rings. The maximum atomic E-state index is 12.7. The van der Waals surface area contributed by atoms with Crippen molar-refractivity contribution in [2.24, 2.45) is 0 Å². The number of hydrazine groups is 1. The van der Waals surface area contributed by atoms with E-state index in [9.17, 15) is 9.59 Å². The fourth-order valence-corrected chi connectivity index (χ4v) is 3.79. The zero-order chi connectivity index (χ0) is 19.4. The maximum Gasteiger partial charge on any atom is 0.285 e. The summed E-state index contributed by atoms with van der Waals surface area (Å²) in [4.78, 5) is 25.5. The van der Waals surface area contributed by atoms with Gasteiger partial charge in [0.2, 0.25) is 0 Å². The molecule has 0 atom stereocenters. The molecule has 1 heterocycles. The number of hydrogen-bond acceptors (Lipinski definition) is 5. The van der Waals surface area contributed by atoms with Gasteiger partial charge in [0, 0.05) is 5.56 Å². The minimum atomic E-state index is -0.507. The molecule has 1 fully saturated rings. The lowest BCUT2D eigenvalue weighted by molar-refractivity contribution is -0.123. The fourth-order valence-electron chi connectivity index (χ4n) is 2.40. The molecule has 0 bridgehead atoms. The first kappa shape index (κ1) is 19.4. The number of ether oxygens (including phenoxy) is 1. The van der Waals surface area contributed by atoms with E-state index in [0.29, 0.717) is 22.3 Å². The number of thiocarbonyl (C=S) groups is 1. The third-order valence-electron chi connectivity index (χ3n) is 3.63. The minimum absolute atomic E-state index is 0.237. The lowest BCUT2D eigenvalue weighted by Gasteiger charge is -2.16. The second-order valence-electron chi connectivity index (χ2n) is 5.41. The predicted molar refractivity (Wildman–Crippen MR) is 112 cm³/mol. The van der Waals surface area contributed by atoms with Crippen LogP contribution < -0.4 is 10.2 Å². The Kier molecular flexibility index (Phi) is 6.15. The van der Waals surface area contributed by atoms with Crippen molar-refractivity contribution in [2.45, 2.75) is 6.92 Å². The van der Waals surface area contributed by atoms with Crippen LogP contribution in [0.4, 0.5) is 0 Å². The molecule has 0 radical (unpaired) electrons. The highest BCUT2D eigenvalue weighted by Gasteiger charge is 2.34. The smallest absolute Gasteiger partial charge is 0.285 e. The molecule has 0 aliphatic carbocycles. The Hall–Kier alpha value is -2.35. The van der Waals surface area contributed by atoms with Gasteiger partial charge >= 0.3 is 0 Å². The average Bonchev–Trinajstić information content (AvgIpc) is 2.91. The predicted octanol–water partition coefficient (Wildman–Crippen LogP) is 4.28. The first-order valence-electron chi connectivity index (χ1n) is 8.06. The van der Waals surface area contributed by atoms with Crippen molar-refractivity contribution >= 4 is 57.8 Å². The zero-order valence-electron chi connectivity index (χ0n) is 14.3. The van der Waals surface area contributed by atoms with Crippen LogP contribution in [-0.2, 0) is 4.79 Å². The van der Waals surface area contributed by atoms with Crippen molar-refractivity contribution in [3.8, 4) is 5.75 Å². The van der Waals surface area contributed by atoms with Crippen LogP contribution >= 0.6 is 35.6 Å². The Morgan fingerprint density at radius 1 is 1.26 bits per heavy atom. The molecule has 1 aliphatic heterocycles. The number of halogens is 1. The monoisotopic (exact) mass is 418 g/mol. The molecule has 0 saturated carbocycles. The lowest BCUT2D eigenvalue weighted by Crippen LogP contribution is -2.44.